The monoisotopic (exact) mass is 726 g/mol. The van der Waals surface area contributed by atoms with Gasteiger partial charge in [0, 0.05) is 52.1 Å². The van der Waals surface area contributed by atoms with Crippen LogP contribution in [0.15, 0.2) is 72.8 Å². The van der Waals surface area contributed by atoms with Crippen LogP contribution >= 0.6 is 0 Å². The standard InChI is InChI=1S/3C8H6O4.3Cr.4H2O/c3*9-7(10)5-1-2-6(4-3-5)8(11)12;;;;;;;/h3*1-4H,(H,9,10)(H,11,12);;;;4*1H2. The minimum atomic E-state index is -1.06. The van der Waals surface area contributed by atoms with Crippen molar-refractivity contribution in [3.8, 4) is 0 Å². The van der Waals surface area contributed by atoms with Gasteiger partial charge in [0.05, 0.1) is 33.4 Å². The average Bonchev–Trinajstić information content (AvgIpc) is 2.84. The summed E-state index contributed by atoms with van der Waals surface area (Å²) in [4.78, 5) is 62.0. The number of carboxylic acid groups (broad SMARTS) is 6. The molecule has 3 aromatic rings. The molecule has 14 N–H and O–H groups in total. The number of hydrogen-bond donors (Lipinski definition) is 6. The van der Waals surface area contributed by atoms with E-state index in [1.807, 2.05) is 0 Å². The van der Waals surface area contributed by atoms with Gasteiger partial charge in [0.2, 0.25) is 0 Å². The molecule has 0 heterocycles. The van der Waals surface area contributed by atoms with Crippen LogP contribution in [0, 0.1) is 0 Å². The van der Waals surface area contributed by atoms with Crippen LogP contribution in [0.5, 0.6) is 0 Å². The summed E-state index contributed by atoms with van der Waals surface area (Å²) in [6.07, 6.45) is 0. The molecule has 0 aliphatic heterocycles. The van der Waals surface area contributed by atoms with E-state index in [1.54, 1.807) is 0 Å². The average molecular weight is 726 g/mol. The minimum absolute atomic E-state index is 0. The van der Waals surface area contributed by atoms with Crippen molar-refractivity contribution in [2.75, 3.05) is 0 Å². The van der Waals surface area contributed by atoms with Crippen molar-refractivity contribution in [1.82, 2.24) is 0 Å². The van der Waals surface area contributed by atoms with E-state index >= 15 is 0 Å². The molecule has 0 atom stereocenters. The maximum atomic E-state index is 10.3. The van der Waals surface area contributed by atoms with E-state index in [4.69, 9.17) is 30.6 Å². The van der Waals surface area contributed by atoms with Crippen molar-refractivity contribution in [2.45, 2.75) is 0 Å². The molecule has 3 aromatic carbocycles. The third-order valence-electron chi connectivity index (χ3n) is 4.14. The van der Waals surface area contributed by atoms with Gasteiger partial charge in [0.25, 0.3) is 0 Å². The fourth-order valence-corrected chi connectivity index (χ4v) is 2.27. The van der Waals surface area contributed by atoms with Gasteiger partial charge in [0.1, 0.15) is 0 Å². The second kappa shape index (κ2) is 26.8. The predicted octanol–water partition coefficient (Wildman–Crippen LogP) is -0.0573. The van der Waals surface area contributed by atoms with E-state index in [0.29, 0.717) is 0 Å². The molecule has 16 nitrogen and oxygen atoms in total. The molecule has 3 rings (SSSR count). The largest absolute Gasteiger partial charge is 0.478 e. The summed E-state index contributed by atoms with van der Waals surface area (Å²) in [5, 5.41) is 50.8. The van der Waals surface area contributed by atoms with Crippen molar-refractivity contribution < 1.29 is 133 Å². The van der Waals surface area contributed by atoms with Crippen LogP contribution in [0.25, 0.3) is 0 Å². The molecule has 0 spiro atoms. The molecule has 236 valence electrons. The summed E-state index contributed by atoms with van der Waals surface area (Å²) >= 11 is 0. The third-order valence-corrected chi connectivity index (χ3v) is 4.14. The van der Waals surface area contributed by atoms with E-state index in [-0.39, 0.29) is 107 Å². The molecule has 0 aliphatic carbocycles. The van der Waals surface area contributed by atoms with Crippen LogP contribution in [0.4, 0.5) is 0 Å². The first-order valence-electron chi connectivity index (χ1n) is 9.53. The molecule has 0 radical (unpaired) electrons. The Morgan fingerprint density at radius 2 is 0.349 bits per heavy atom. The first-order chi connectivity index (χ1) is 16.8. The molecule has 0 aliphatic rings. The predicted molar refractivity (Wildman–Crippen MR) is 136 cm³/mol. The van der Waals surface area contributed by atoms with Gasteiger partial charge in [-0.1, -0.05) is 0 Å². The van der Waals surface area contributed by atoms with Crippen molar-refractivity contribution in [3.05, 3.63) is 106 Å². The zero-order valence-electron chi connectivity index (χ0n) is 21.3. The van der Waals surface area contributed by atoms with E-state index in [1.165, 1.54) is 72.8 Å². The maximum Gasteiger partial charge on any atom is 0.335 e. The maximum absolute atomic E-state index is 10.3. The van der Waals surface area contributed by atoms with Gasteiger partial charge >= 0.3 is 35.8 Å². The molecule has 19 heteroatoms. The molecule has 0 bridgehead atoms. The van der Waals surface area contributed by atoms with Crippen molar-refractivity contribution in [1.29, 1.82) is 0 Å². The Morgan fingerprint density at radius 1 is 0.279 bits per heavy atom. The Morgan fingerprint density at radius 3 is 0.395 bits per heavy atom. The van der Waals surface area contributed by atoms with E-state index in [2.05, 4.69) is 0 Å². The van der Waals surface area contributed by atoms with Crippen molar-refractivity contribution >= 4 is 35.8 Å². The second-order valence-electron chi connectivity index (χ2n) is 6.56. The van der Waals surface area contributed by atoms with Crippen LogP contribution in [0.2, 0.25) is 0 Å². The summed E-state index contributed by atoms with van der Waals surface area (Å²) in [5.74, 6) is -6.38. The van der Waals surface area contributed by atoms with Crippen LogP contribution in [-0.2, 0) is 52.1 Å². The number of hydrogen-bond acceptors (Lipinski definition) is 6. The van der Waals surface area contributed by atoms with Gasteiger partial charge in [-0.15, -0.1) is 0 Å². The van der Waals surface area contributed by atoms with Crippen molar-refractivity contribution in [3.63, 3.8) is 0 Å². The molecular weight excluding hydrogens is 700 g/mol. The van der Waals surface area contributed by atoms with Gasteiger partial charge < -0.3 is 52.5 Å². The van der Waals surface area contributed by atoms with E-state index in [9.17, 15) is 28.8 Å². The van der Waals surface area contributed by atoms with E-state index < -0.39 is 35.8 Å². The molecule has 0 saturated carbocycles. The quantitative estimate of drug-likeness (QED) is 0.195. The van der Waals surface area contributed by atoms with Gasteiger partial charge in [-0.25, -0.2) is 28.8 Å². The zero-order chi connectivity index (χ0) is 27.4. The Bertz CT molecular complexity index is 1020. The first kappa shape index (κ1) is 54.9. The molecule has 0 fully saturated rings. The van der Waals surface area contributed by atoms with Crippen LogP contribution in [0.3, 0.4) is 0 Å². The normalized spacial score (nSPS) is 7.81. The van der Waals surface area contributed by atoms with Gasteiger partial charge in [-0.3, -0.25) is 0 Å². The Hall–Kier alpha value is -4.08. The molecule has 0 amide bonds. The second-order valence-corrected chi connectivity index (χ2v) is 6.56. The summed E-state index contributed by atoms with van der Waals surface area (Å²) in [5.41, 5.74) is 0.500. The van der Waals surface area contributed by atoms with Gasteiger partial charge in [-0.05, 0) is 72.8 Å². The summed E-state index contributed by atoms with van der Waals surface area (Å²) in [6, 6.07) is 15.1. The summed E-state index contributed by atoms with van der Waals surface area (Å²) < 4.78 is 0. The molecule has 0 aromatic heterocycles. The Labute approximate surface area is 274 Å². The number of benzene rings is 3. The molecule has 43 heavy (non-hydrogen) atoms. The summed E-state index contributed by atoms with van der Waals surface area (Å²) in [7, 11) is 0. The van der Waals surface area contributed by atoms with Crippen LogP contribution < -0.4 is 0 Å². The van der Waals surface area contributed by atoms with Crippen LogP contribution in [0.1, 0.15) is 62.1 Å². The van der Waals surface area contributed by atoms with E-state index in [0.717, 1.165) is 0 Å². The molecular formula is C24H26Cr3O16. The zero-order valence-corrected chi connectivity index (χ0v) is 25.1. The summed E-state index contributed by atoms with van der Waals surface area (Å²) in [6.45, 7) is 0. The van der Waals surface area contributed by atoms with Gasteiger partial charge in [0.15, 0.2) is 0 Å². The first-order valence-corrected chi connectivity index (χ1v) is 9.53. The van der Waals surface area contributed by atoms with Crippen molar-refractivity contribution in [2.24, 2.45) is 0 Å². The fourth-order valence-electron chi connectivity index (χ4n) is 2.27. The molecule has 0 saturated heterocycles. The number of rotatable bonds is 6. The Balaban J connectivity index is -0.0000000836. The van der Waals surface area contributed by atoms with Crippen LogP contribution in [-0.4, -0.2) is 88.4 Å². The third kappa shape index (κ3) is 19.6. The topological polar surface area (TPSA) is 350 Å². The smallest absolute Gasteiger partial charge is 0.335 e. The number of carboxylic acids is 6. The fraction of sp³-hybridized carbons (Fsp3) is 0. The SMILES string of the molecule is O.O.O.O.O=C(O)c1ccc(C(=O)O)cc1.O=C(O)c1ccc(C(=O)O)cc1.O=C(O)c1ccc(C(=O)O)cc1.[Cr].[Cr].[Cr]. The Kier molecular flexibility index (Phi) is 34.2. The molecule has 0 unspecified atom stereocenters. The van der Waals surface area contributed by atoms with Gasteiger partial charge in [-0.2, -0.15) is 0 Å². The minimum Gasteiger partial charge on any atom is -0.478 e. The number of carbonyl (C=O) groups is 6. The number of aromatic carboxylic acids is 6.